The Bertz CT molecular complexity index is 679. The van der Waals surface area contributed by atoms with E-state index in [2.05, 4.69) is 15.3 Å². The lowest BCUT2D eigenvalue weighted by Crippen LogP contribution is -2.27. The minimum Gasteiger partial charge on any atom is -0.369 e. The van der Waals surface area contributed by atoms with Crippen molar-refractivity contribution in [3.8, 4) is 10.6 Å². The highest BCUT2D eigenvalue weighted by Gasteiger charge is 2.21. The van der Waals surface area contributed by atoms with Crippen LogP contribution < -0.4 is 16.8 Å². The molecule has 0 aliphatic heterocycles. The number of primary amides is 1. The molecule has 21 heavy (non-hydrogen) atoms. The smallest absolute Gasteiger partial charge is 0.228 e. The third-order valence-electron chi connectivity index (χ3n) is 2.71. The molecule has 9 heteroatoms. The van der Waals surface area contributed by atoms with Gasteiger partial charge in [0.25, 0.3) is 0 Å². The number of carbonyl (C=O) groups is 2. The van der Waals surface area contributed by atoms with Crippen molar-refractivity contribution in [3.05, 3.63) is 16.1 Å². The van der Waals surface area contributed by atoms with Crippen LogP contribution in [0.25, 0.3) is 10.6 Å². The molecule has 0 aliphatic rings. The standard InChI is InChI=1S/C12H15N5O2S2/c1-5-9(21-12(15-5)16-6(2)18)8-4-20-11(17-8)7(3-13)10(14)19/h4,7H,3,13H2,1-2H3,(H2,14,19)(H,15,16,18). The van der Waals surface area contributed by atoms with Crippen LogP contribution in [0.4, 0.5) is 5.13 Å². The van der Waals surface area contributed by atoms with Crippen LogP contribution in [0.15, 0.2) is 5.38 Å². The van der Waals surface area contributed by atoms with Crippen LogP contribution >= 0.6 is 22.7 Å². The molecule has 0 fully saturated rings. The van der Waals surface area contributed by atoms with E-state index in [1.54, 1.807) is 0 Å². The minimum absolute atomic E-state index is 0.126. The summed E-state index contributed by atoms with van der Waals surface area (Å²) >= 11 is 2.67. The van der Waals surface area contributed by atoms with E-state index in [1.165, 1.54) is 29.6 Å². The van der Waals surface area contributed by atoms with Gasteiger partial charge in [-0.2, -0.15) is 0 Å². The summed E-state index contributed by atoms with van der Waals surface area (Å²) in [6.07, 6.45) is 0. The first-order valence-electron chi connectivity index (χ1n) is 6.12. The highest BCUT2D eigenvalue weighted by molar-refractivity contribution is 7.19. The second kappa shape index (κ2) is 6.29. The molecular weight excluding hydrogens is 310 g/mol. The number of nitrogens with zero attached hydrogens (tertiary/aromatic N) is 2. The van der Waals surface area contributed by atoms with Crippen molar-refractivity contribution in [2.75, 3.05) is 11.9 Å². The topological polar surface area (TPSA) is 124 Å². The number of nitrogens with two attached hydrogens (primary N) is 2. The third-order valence-corrected chi connectivity index (χ3v) is 4.77. The van der Waals surface area contributed by atoms with E-state index in [0.717, 1.165) is 10.6 Å². The number of rotatable bonds is 5. The summed E-state index contributed by atoms with van der Waals surface area (Å²) in [7, 11) is 0. The predicted octanol–water partition coefficient (Wildman–Crippen LogP) is 1.06. The van der Waals surface area contributed by atoms with Gasteiger partial charge in [0, 0.05) is 18.8 Å². The lowest BCUT2D eigenvalue weighted by Gasteiger charge is -2.05. The van der Waals surface area contributed by atoms with E-state index < -0.39 is 11.8 Å². The van der Waals surface area contributed by atoms with Crippen LogP contribution in [0, 0.1) is 6.92 Å². The Morgan fingerprint density at radius 3 is 2.71 bits per heavy atom. The first-order chi connectivity index (χ1) is 9.92. The molecule has 1 unspecified atom stereocenters. The molecular formula is C12H15N5O2S2. The fourth-order valence-corrected chi connectivity index (χ4v) is 3.71. The Balaban J connectivity index is 2.31. The fourth-order valence-electron chi connectivity index (χ4n) is 1.73. The zero-order chi connectivity index (χ0) is 15.6. The van der Waals surface area contributed by atoms with Gasteiger partial charge < -0.3 is 16.8 Å². The Kier molecular flexibility index (Phi) is 4.66. The molecule has 112 valence electrons. The largest absolute Gasteiger partial charge is 0.369 e. The van der Waals surface area contributed by atoms with E-state index in [0.29, 0.717) is 15.8 Å². The molecule has 0 saturated heterocycles. The molecule has 0 aliphatic carbocycles. The number of aromatic nitrogens is 2. The average molecular weight is 325 g/mol. The number of thiazole rings is 2. The molecule has 5 N–H and O–H groups in total. The van der Waals surface area contributed by atoms with Crippen LogP contribution in [0.3, 0.4) is 0 Å². The monoisotopic (exact) mass is 325 g/mol. The second-order valence-corrected chi connectivity index (χ2v) is 6.27. The summed E-state index contributed by atoms with van der Waals surface area (Å²) in [6, 6.07) is 0. The second-order valence-electron chi connectivity index (χ2n) is 4.38. The third kappa shape index (κ3) is 3.43. The molecule has 1 atom stereocenters. The van der Waals surface area contributed by atoms with Gasteiger partial charge in [-0.3, -0.25) is 9.59 Å². The number of aryl methyl sites for hydroxylation is 1. The minimum atomic E-state index is -0.577. The number of hydrogen-bond acceptors (Lipinski definition) is 7. The van der Waals surface area contributed by atoms with Gasteiger partial charge in [0.1, 0.15) is 10.9 Å². The van der Waals surface area contributed by atoms with E-state index in [-0.39, 0.29) is 12.5 Å². The molecule has 0 saturated carbocycles. The first kappa shape index (κ1) is 15.5. The average Bonchev–Trinajstić information content (AvgIpc) is 2.96. The fraction of sp³-hybridized carbons (Fsp3) is 0.333. The Hall–Kier alpha value is -1.84. The summed E-state index contributed by atoms with van der Waals surface area (Å²) in [5.74, 6) is -1.24. The number of carbonyl (C=O) groups excluding carboxylic acids is 2. The van der Waals surface area contributed by atoms with Gasteiger partial charge in [0.15, 0.2) is 5.13 Å². The number of hydrogen-bond donors (Lipinski definition) is 3. The van der Waals surface area contributed by atoms with Crippen molar-refractivity contribution in [3.63, 3.8) is 0 Å². The lowest BCUT2D eigenvalue weighted by atomic mass is 10.1. The predicted molar refractivity (Wildman–Crippen MR) is 83.3 cm³/mol. The van der Waals surface area contributed by atoms with Gasteiger partial charge in [-0.05, 0) is 6.92 Å². The van der Waals surface area contributed by atoms with Crippen LogP contribution in [-0.4, -0.2) is 28.3 Å². The zero-order valence-electron chi connectivity index (χ0n) is 11.5. The van der Waals surface area contributed by atoms with Crippen molar-refractivity contribution in [2.45, 2.75) is 19.8 Å². The molecule has 2 rings (SSSR count). The summed E-state index contributed by atoms with van der Waals surface area (Å²) < 4.78 is 0. The molecule has 7 nitrogen and oxygen atoms in total. The molecule has 0 aromatic carbocycles. The molecule has 0 radical (unpaired) electrons. The van der Waals surface area contributed by atoms with Crippen LogP contribution in [0.1, 0.15) is 23.5 Å². The highest BCUT2D eigenvalue weighted by Crippen LogP contribution is 2.34. The van der Waals surface area contributed by atoms with Crippen molar-refractivity contribution in [1.29, 1.82) is 0 Å². The molecule has 2 aromatic rings. The Labute approximate surface area is 129 Å². The van der Waals surface area contributed by atoms with Crippen molar-refractivity contribution < 1.29 is 9.59 Å². The molecule has 0 bridgehead atoms. The van der Waals surface area contributed by atoms with E-state index in [4.69, 9.17) is 11.5 Å². The molecule has 0 spiro atoms. The zero-order valence-corrected chi connectivity index (χ0v) is 13.2. The van der Waals surface area contributed by atoms with Gasteiger partial charge in [0.2, 0.25) is 11.8 Å². The van der Waals surface area contributed by atoms with Gasteiger partial charge >= 0.3 is 0 Å². The van der Waals surface area contributed by atoms with Crippen LogP contribution in [0.5, 0.6) is 0 Å². The van der Waals surface area contributed by atoms with Gasteiger partial charge in [0.05, 0.1) is 16.3 Å². The highest BCUT2D eigenvalue weighted by atomic mass is 32.1. The number of anilines is 1. The number of amides is 2. The summed E-state index contributed by atoms with van der Waals surface area (Å²) in [5.41, 5.74) is 12.3. The van der Waals surface area contributed by atoms with E-state index in [9.17, 15) is 9.59 Å². The van der Waals surface area contributed by atoms with Crippen LogP contribution in [0.2, 0.25) is 0 Å². The maximum Gasteiger partial charge on any atom is 0.228 e. The summed E-state index contributed by atoms with van der Waals surface area (Å²) in [6.45, 7) is 3.39. The van der Waals surface area contributed by atoms with Crippen molar-refractivity contribution >= 4 is 39.6 Å². The first-order valence-corrected chi connectivity index (χ1v) is 7.82. The van der Waals surface area contributed by atoms with Gasteiger partial charge in [-0.15, -0.1) is 11.3 Å². The van der Waals surface area contributed by atoms with Gasteiger partial charge in [-0.1, -0.05) is 11.3 Å². The maximum absolute atomic E-state index is 11.3. The number of nitrogens with one attached hydrogen (secondary N) is 1. The van der Waals surface area contributed by atoms with E-state index in [1.807, 2.05) is 12.3 Å². The lowest BCUT2D eigenvalue weighted by molar-refractivity contribution is -0.119. The SMILES string of the molecule is CC(=O)Nc1nc(C)c(-c2csc(C(CN)C(N)=O)n2)s1. The molecule has 2 amide bonds. The quantitative estimate of drug-likeness (QED) is 0.758. The van der Waals surface area contributed by atoms with E-state index >= 15 is 0 Å². The normalized spacial score (nSPS) is 12.1. The summed E-state index contributed by atoms with van der Waals surface area (Å²) in [4.78, 5) is 31.9. The Morgan fingerprint density at radius 2 is 2.14 bits per heavy atom. The summed E-state index contributed by atoms with van der Waals surface area (Å²) in [5, 5.41) is 5.59. The maximum atomic E-state index is 11.3. The van der Waals surface area contributed by atoms with Gasteiger partial charge in [-0.25, -0.2) is 9.97 Å². The van der Waals surface area contributed by atoms with Crippen molar-refractivity contribution in [1.82, 2.24) is 9.97 Å². The molecule has 2 heterocycles. The van der Waals surface area contributed by atoms with Crippen molar-refractivity contribution in [2.24, 2.45) is 11.5 Å². The molecule has 2 aromatic heterocycles. The Morgan fingerprint density at radius 1 is 1.43 bits per heavy atom. The van der Waals surface area contributed by atoms with Crippen LogP contribution in [-0.2, 0) is 9.59 Å².